The first-order chi connectivity index (χ1) is 9.15. The lowest BCUT2D eigenvalue weighted by molar-refractivity contribution is 0.249. The molecule has 5 nitrogen and oxygen atoms in total. The topological polar surface area (TPSA) is 80.0 Å². The summed E-state index contributed by atoms with van der Waals surface area (Å²) in [6.45, 7) is 1.91. The van der Waals surface area contributed by atoms with Crippen LogP contribution in [0.1, 0.15) is 18.5 Å². The molecule has 19 heavy (non-hydrogen) atoms. The molecule has 1 aromatic carbocycles. The Hall–Kier alpha value is -2.56. The highest BCUT2D eigenvalue weighted by molar-refractivity contribution is 5.89. The first-order valence-electron chi connectivity index (χ1n) is 5.98. The van der Waals surface area contributed by atoms with Crippen LogP contribution in [-0.2, 0) is 0 Å². The van der Waals surface area contributed by atoms with Gasteiger partial charge in [-0.3, -0.25) is 4.98 Å². The minimum atomic E-state index is -0.269. The van der Waals surface area contributed by atoms with E-state index in [0.29, 0.717) is 11.4 Å². The molecule has 1 atom stereocenters. The number of nitrogens with two attached hydrogens (primary N) is 1. The lowest BCUT2D eigenvalue weighted by Crippen LogP contribution is -2.31. The Morgan fingerprint density at radius 3 is 2.68 bits per heavy atom. The van der Waals surface area contributed by atoms with Crippen LogP contribution in [-0.4, -0.2) is 11.0 Å². The fourth-order valence-electron chi connectivity index (χ4n) is 1.72. The van der Waals surface area contributed by atoms with Gasteiger partial charge in [0.2, 0.25) is 0 Å². The molecule has 0 aliphatic rings. The Bertz CT molecular complexity index is 556. The zero-order valence-electron chi connectivity index (χ0n) is 10.6. The van der Waals surface area contributed by atoms with Gasteiger partial charge >= 0.3 is 6.03 Å². The molecule has 0 spiro atoms. The number of anilines is 2. The second-order valence-corrected chi connectivity index (χ2v) is 4.23. The van der Waals surface area contributed by atoms with Gasteiger partial charge in [-0.2, -0.15) is 0 Å². The van der Waals surface area contributed by atoms with Crippen molar-refractivity contribution in [3.8, 4) is 0 Å². The SMILES string of the molecule is CC(NC(=O)Nc1cccc(N)c1)c1ccncc1. The summed E-state index contributed by atoms with van der Waals surface area (Å²) in [6.07, 6.45) is 3.40. The number of nitrogen functional groups attached to an aromatic ring is 1. The number of hydrogen-bond donors (Lipinski definition) is 3. The van der Waals surface area contributed by atoms with Crippen LogP contribution < -0.4 is 16.4 Å². The fourth-order valence-corrected chi connectivity index (χ4v) is 1.72. The molecule has 2 aromatic rings. The quantitative estimate of drug-likeness (QED) is 0.738. The third-order valence-corrected chi connectivity index (χ3v) is 2.70. The highest BCUT2D eigenvalue weighted by atomic mass is 16.2. The summed E-state index contributed by atoms with van der Waals surface area (Å²) in [5.74, 6) is 0. The number of urea groups is 1. The summed E-state index contributed by atoms with van der Waals surface area (Å²) in [7, 11) is 0. The Balaban J connectivity index is 1.95. The normalized spacial score (nSPS) is 11.6. The predicted molar refractivity (Wildman–Crippen MR) is 75.7 cm³/mol. The van der Waals surface area contributed by atoms with Crippen molar-refractivity contribution in [3.05, 3.63) is 54.4 Å². The maximum atomic E-state index is 11.8. The largest absolute Gasteiger partial charge is 0.399 e. The number of nitrogens with zero attached hydrogens (tertiary/aromatic N) is 1. The molecule has 0 saturated heterocycles. The lowest BCUT2D eigenvalue weighted by atomic mass is 10.1. The Morgan fingerprint density at radius 2 is 2.00 bits per heavy atom. The number of benzene rings is 1. The molecule has 0 radical (unpaired) electrons. The van der Waals surface area contributed by atoms with E-state index in [-0.39, 0.29) is 12.1 Å². The van der Waals surface area contributed by atoms with Crippen LogP contribution in [0.2, 0.25) is 0 Å². The molecule has 0 saturated carbocycles. The maximum absolute atomic E-state index is 11.8. The molecule has 1 aromatic heterocycles. The summed E-state index contributed by atoms with van der Waals surface area (Å²) in [5, 5.41) is 5.58. The summed E-state index contributed by atoms with van der Waals surface area (Å²) < 4.78 is 0. The Labute approximate surface area is 111 Å². The van der Waals surface area contributed by atoms with Crippen molar-refractivity contribution in [1.29, 1.82) is 0 Å². The van der Waals surface area contributed by atoms with Crippen LogP contribution in [0.4, 0.5) is 16.2 Å². The number of pyridine rings is 1. The molecule has 1 heterocycles. The van der Waals surface area contributed by atoms with Gasteiger partial charge in [0, 0.05) is 23.8 Å². The molecule has 5 heteroatoms. The number of carbonyl (C=O) groups is 1. The van der Waals surface area contributed by atoms with Gasteiger partial charge in [0.25, 0.3) is 0 Å². The van der Waals surface area contributed by atoms with Crippen LogP contribution in [0.15, 0.2) is 48.8 Å². The van der Waals surface area contributed by atoms with Crippen molar-refractivity contribution in [2.75, 3.05) is 11.1 Å². The third kappa shape index (κ3) is 3.70. The monoisotopic (exact) mass is 256 g/mol. The van der Waals surface area contributed by atoms with Gasteiger partial charge in [-0.05, 0) is 42.8 Å². The van der Waals surface area contributed by atoms with E-state index in [0.717, 1.165) is 5.56 Å². The van der Waals surface area contributed by atoms with E-state index in [1.54, 1.807) is 36.7 Å². The summed E-state index contributed by atoms with van der Waals surface area (Å²) in [4.78, 5) is 15.8. The fraction of sp³-hybridized carbons (Fsp3) is 0.143. The standard InChI is InChI=1S/C14H16N4O/c1-10(11-5-7-16-8-6-11)17-14(19)18-13-4-2-3-12(15)9-13/h2-10H,15H2,1H3,(H2,17,18,19). The number of nitrogens with one attached hydrogen (secondary N) is 2. The van der Waals surface area contributed by atoms with Crippen LogP contribution >= 0.6 is 0 Å². The van der Waals surface area contributed by atoms with Gasteiger partial charge in [0.05, 0.1) is 6.04 Å². The zero-order valence-corrected chi connectivity index (χ0v) is 10.6. The minimum absolute atomic E-state index is 0.0935. The van der Waals surface area contributed by atoms with Crippen molar-refractivity contribution >= 4 is 17.4 Å². The Kier molecular flexibility index (Phi) is 3.97. The number of amides is 2. The van der Waals surface area contributed by atoms with E-state index in [1.165, 1.54) is 0 Å². The summed E-state index contributed by atoms with van der Waals surface area (Å²) in [5.41, 5.74) is 7.92. The van der Waals surface area contributed by atoms with E-state index in [4.69, 9.17) is 5.73 Å². The highest BCUT2D eigenvalue weighted by Crippen LogP contribution is 2.13. The predicted octanol–water partition coefficient (Wildman–Crippen LogP) is 2.55. The maximum Gasteiger partial charge on any atom is 0.319 e. The van der Waals surface area contributed by atoms with E-state index >= 15 is 0 Å². The number of rotatable bonds is 3. The average Bonchev–Trinajstić information content (AvgIpc) is 2.39. The first-order valence-corrected chi connectivity index (χ1v) is 5.98. The van der Waals surface area contributed by atoms with Crippen LogP contribution in [0.3, 0.4) is 0 Å². The molecule has 98 valence electrons. The first kappa shape index (κ1) is 12.9. The van der Waals surface area contributed by atoms with Crippen molar-refractivity contribution in [1.82, 2.24) is 10.3 Å². The second-order valence-electron chi connectivity index (χ2n) is 4.23. The van der Waals surface area contributed by atoms with Gasteiger partial charge in [-0.25, -0.2) is 4.79 Å². The van der Waals surface area contributed by atoms with Crippen LogP contribution in [0.5, 0.6) is 0 Å². The third-order valence-electron chi connectivity index (χ3n) is 2.70. The molecule has 0 aliphatic carbocycles. The van der Waals surface area contributed by atoms with Crippen molar-refractivity contribution in [3.63, 3.8) is 0 Å². The molecule has 0 aliphatic heterocycles. The van der Waals surface area contributed by atoms with Gasteiger partial charge < -0.3 is 16.4 Å². The van der Waals surface area contributed by atoms with E-state index in [1.807, 2.05) is 19.1 Å². The van der Waals surface area contributed by atoms with Crippen molar-refractivity contribution < 1.29 is 4.79 Å². The van der Waals surface area contributed by atoms with Crippen LogP contribution in [0.25, 0.3) is 0 Å². The second kappa shape index (κ2) is 5.86. The van der Waals surface area contributed by atoms with Crippen molar-refractivity contribution in [2.24, 2.45) is 0 Å². The minimum Gasteiger partial charge on any atom is -0.399 e. The number of hydrogen-bond acceptors (Lipinski definition) is 3. The molecular weight excluding hydrogens is 240 g/mol. The molecule has 0 fully saturated rings. The molecular formula is C14H16N4O. The number of carbonyl (C=O) groups excluding carboxylic acids is 1. The zero-order chi connectivity index (χ0) is 13.7. The van der Waals surface area contributed by atoms with Crippen molar-refractivity contribution in [2.45, 2.75) is 13.0 Å². The molecule has 0 bridgehead atoms. The van der Waals surface area contributed by atoms with Crippen LogP contribution in [0, 0.1) is 0 Å². The highest BCUT2D eigenvalue weighted by Gasteiger charge is 2.09. The molecule has 4 N–H and O–H groups in total. The lowest BCUT2D eigenvalue weighted by Gasteiger charge is -2.15. The van der Waals surface area contributed by atoms with E-state index in [9.17, 15) is 4.79 Å². The summed E-state index contributed by atoms with van der Waals surface area (Å²) in [6, 6.07) is 10.4. The van der Waals surface area contributed by atoms with E-state index < -0.39 is 0 Å². The Morgan fingerprint density at radius 1 is 1.26 bits per heavy atom. The van der Waals surface area contributed by atoms with E-state index in [2.05, 4.69) is 15.6 Å². The van der Waals surface area contributed by atoms with Gasteiger partial charge in [-0.1, -0.05) is 6.07 Å². The van der Waals surface area contributed by atoms with Gasteiger partial charge in [-0.15, -0.1) is 0 Å². The average molecular weight is 256 g/mol. The molecule has 2 rings (SSSR count). The molecule has 1 unspecified atom stereocenters. The number of aromatic nitrogens is 1. The summed E-state index contributed by atoms with van der Waals surface area (Å²) >= 11 is 0. The van der Waals surface area contributed by atoms with Gasteiger partial charge in [0.1, 0.15) is 0 Å². The smallest absolute Gasteiger partial charge is 0.319 e. The molecule has 2 amide bonds. The van der Waals surface area contributed by atoms with Gasteiger partial charge in [0.15, 0.2) is 0 Å².